The van der Waals surface area contributed by atoms with Gasteiger partial charge >= 0.3 is 0 Å². The van der Waals surface area contributed by atoms with Crippen LogP contribution in [0.15, 0.2) is 60.9 Å². The van der Waals surface area contributed by atoms with Crippen LogP contribution < -0.4 is 0 Å². The third-order valence-corrected chi connectivity index (χ3v) is 8.07. The van der Waals surface area contributed by atoms with E-state index in [1.165, 1.54) is 6.07 Å². The highest BCUT2D eigenvalue weighted by atomic mass is 32.2. The molecular formula is C25H25FN2O3S. The molecule has 0 unspecified atom stereocenters. The largest absolute Gasteiger partial charge is 0.298 e. The molecule has 7 heteroatoms. The lowest BCUT2D eigenvalue weighted by Crippen LogP contribution is -2.32. The number of rotatable bonds is 8. The summed E-state index contributed by atoms with van der Waals surface area (Å²) in [5.74, 6) is -0.512. The number of sulfone groups is 1. The number of aromatic nitrogens is 2. The second-order valence-electron chi connectivity index (χ2n) is 8.83. The van der Waals surface area contributed by atoms with Gasteiger partial charge in [0.1, 0.15) is 11.6 Å². The van der Waals surface area contributed by atoms with E-state index < -0.39 is 21.1 Å². The van der Waals surface area contributed by atoms with E-state index in [-0.39, 0.29) is 23.2 Å². The molecule has 1 aliphatic carbocycles. The topological polar surface area (TPSA) is 77.0 Å². The lowest BCUT2D eigenvalue weighted by atomic mass is 9.81. The minimum atomic E-state index is -3.18. The number of halogens is 1. The maximum absolute atomic E-state index is 13.4. The average molecular weight is 453 g/mol. The van der Waals surface area contributed by atoms with Crippen LogP contribution in [0, 0.1) is 5.82 Å². The first-order valence-electron chi connectivity index (χ1n) is 10.6. The van der Waals surface area contributed by atoms with Gasteiger partial charge in [0.05, 0.1) is 34.0 Å². The highest BCUT2D eigenvalue weighted by Gasteiger charge is 2.36. The molecule has 0 amide bonds. The van der Waals surface area contributed by atoms with E-state index in [4.69, 9.17) is 0 Å². The number of Topliss-reactive ketones (excluding diaryl/α,β-unsaturated/α-hetero) is 1. The maximum Gasteiger partial charge on any atom is 0.158 e. The fourth-order valence-electron chi connectivity index (χ4n) is 3.59. The number of ketones is 1. The quantitative estimate of drug-likeness (QED) is 0.505. The zero-order valence-corrected chi connectivity index (χ0v) is 18.9. The maximum atomic E-state index is 13.4. The Morgan fingerprint density at radius 3 is 2.44 bits per heavy atom. The SMILES string of the molecule is CC(C)(C(=O)Cc1ccc(-c2cncc(F)c2)cc1)c1cccc(CS(=O)(=O)C2CC2)n1. The van der Waals surface area contributed by atoms with Crippen LogP contribution >= 0.6 is 0 Å². The molecule has 1 fully saturated rings. The third-order valence-electron chi connectivity index (χ3n) is 5.88. The third kappa shape index (κ3) is 4.93. The minimum absolute atomic E-state index is 0.0210. The van der Waals surface area contributed by atoms with Crippen molar-refractivity contribution in [2.45, 2.75) is 49.5 Å². The van der Waals surface area contributed by atoms with Gasteiger partial charge in [-0.3, -0.25) is 14.8 Å². The molecule has 5 nitrogen and oxygen atoms in total. The van der Waals surface area contributed by atoms with E-state index >= 15 is 0 Å². The molecule has 2 aromatic heterocycles. The standard InChI is InChI=1S/C25H25FN2O3S/c1-25(2,23-5-3-4-21(28-23)16-32(30,31)22-10-11-22)24(29)12-17-6-8-18(9-7-17)19-13-20(26)15-27-14-19/h3-9,13-15,22H,10-12,16H2,1-2H3. The molecule has 0 N–H and O–H groups in total. The van der Waals surface area contributed by atoms with Gasteiger partial charge in [-0.25, -0.2) is 12.8 Å². The molecular weight excluding hydrogens is 427 g/mol. The van der Waals surface area contributed by atoms with Gasteiger partial charge in [-0.15, -0.1) is 0 Å². The van der Waals surface area contributed by atoms with Crippen molar-refractivity contribution < 1.29 is 17.6 Å². The van der Waals surface area contributed by atoms with Crippen LogP contribution in [-0.4, -0.2) is 29.4 Å². The normalized spacial score (nSPS) is 14.3. The Bertz CT molecular complexity index is 1250. The summed E-state index contributed by atoms with van der Waals surface area (Å²) < 4.78 is 38.0. The lowest BCUT2D eigenvalue weighted by molar-refractivity contribution is -0.122. The van der Waals surface area contributed by atoms with Gasteiger partial charge in [0, 0.05) is 18.2 Å². The van der Waals surface area contributed by atoms with Gasteiger partial charge in [-0.1, -0.05) is 30.3 Å². The summed E-state index contributed by atoms with van der Waals surface area (Å²) >= 11 is 0. The van der Waals surface area contributed by atoms with Crippen LogP contribution in [0.4, 0.5) is 4.39 Å². The Balaban J connectivity index is 1.48. The second-order valence-corrected chi connectivity index (χ2v) is 11.1. The van der Waals surface area contributed by atoms with E-state index in [0.717, 1.165) is 30.2 Å². The number of pyridine rings is 2. The van der Waals surface area contributed by atoms with Gasteiger partial charge in [-0.05, 0) is 56.0 Å². The fraction of sp³-hybridized carbons (Fsp3) is 0.320. The summed E-state index contributed by atoms with van der Waals surface area (Å²) in [5, 5.41) is -0.242. The van der Waals surface area contributed by atoms with Gasteiger partial charge in [-0.2, -0.15) is 0 Å². The summed E-state index contributed by atoms with van der Waals surface area (Å²) in [5.41, 5.74) is 2.49. The van der Waals surface area contributed by atoms with E-state index in [1.807, 2.05) is 38.1 Å². The van der Waals surface area contributed by atoms with Crippen molar-refractivity contribution in [2.75, 3.05) is 0 Å². The van der Waals surface area contributed by atoms with E-state index in [2.05, 4.69) is 9.97 Å². The minimum Gasteiger partial charge on any atom is -0.298 e. The number of nitrogens with zero attached hydrogens (tertiary/aromatic N) is 2. The van der Waals surface area contributed by atoms with Crippen LogP contribution in [0.2, 0.25) is 0 Å². The molecule has 0 spiro atoms. The first kappa shape index (κ1) is 22.3. The van der Waals surface area contributed by atoms with Crippen molar-refractivity contribution in [2.24, 2.45) is 0 Å². The molecule has 2 heterocycles. The van der Waals surface area contributed by atoms with Crippen molar-refractivity contribution >= 4 is 15.6 Å². The van der Waals surface area contributed by atoms with Crippen molar-refractivity contribution in [3.8, 4) is 11.1 Å². The summed E-state index contributed by atoms with van der Waals surface area (Å²) in [7, 11) is -3.18. The molecule has 32 heavy (non-hydrogen) atoms. The van der Waals surface area contributed by atoms with Crippen molar-refractivity contribution in [3.63, 3.8) is 0 Å². The molecule has 1 saturated carbocycles. The van der Waals surface area contributed by atoms with E-state index in [0.29, 0.717) is 17.0 Å². The first-order valence-corrected chi connectivity index (χ1v) is 12.3. The lowest BCUT2D eigenvalue weighted by Gasteiger charge is -2.23. The predicted octanol–water partition coefficient (Wildman–Crippen LogP) is 4.45. The zero-order chi connectivity index (χ0) is 22.9. The molecule has 166 valence electrons. The smallest absolute Gasteiger partial charge is 0.158 e. The molecule has 1 aliphatic rings. The number of hydrogen-bond acceptors (Lipinski definition) is 5. The Morgan fingerprint density at radius 2 is 1.78 bits per heavy atom. The van der Waals surface area contributed by atoms with E-state index in [9.17, 15) is 17.6 Å². The zero-order valence-electron chi connectivity index (χ0n) is 18.1. The molecule has 0 aliphatic heterocycles. The Labute approximate surface area is 187 Å². The van der Waals surface area contributed by atoms with Crippen LogP contribution in [0.25, 0.3) is 11.1 Å². The summed E-state index contributed by atoms with van der Waals surface area (Å²) in [6.45, 7) is 3.62. The Hall–Kier alpha value is -2.93. The van der Waals surface area contributed by atoms with Gasteiger partial charge in [0.2, 0.25) is 0 Å². The molecule has 0 bridgehead atoms. The van der Waals surface area contributed by atoms with Crippen molar-refractivity contribution in [1.82, 2.24) is 9.97 Å². The number of hydrogen-bond donors (Lipinski definition) is 0. The highest BCUT2D eigenvalue weighted by molar-refractivity contribution is 7.91. The van der Waals surface area contributed by atoms with Crippen LogP contribution in [0.1, 0.15) is 43.6 Å². The summed E-state index contributed by atoms with van der Waals surface area (Å²) in [6, 6.07) is 14.0. The Morgan fingerprint density at radius 1 is 1.06 bits per heavy atom. The monoisotopic (exact) mass is 452 g/mol. The first-order chi connectivity index (χ1) is 15.1. The summed E-state index contributed by atoms with van der Waals surface area (Å²) in [6.07, 6.45) is 4.40. The van der Waals surface area contributed by atoms with Crippen LogP contribution in [-0.2, 0) is 32.2 Å². The molecule has 0 radical (unpaired) electrons. The fourth-order valence-corrected chi connectivity index (χ4v) is 5.26. The van der Waals surface area contributed by atoms with E-state index in [1.54, 1.807) is 24.4 Å². The number of benzene rings is 1. The van der Waals surface area contributed by atoms with Gasteiger partial charge < -0.3 is 0 Å². The second kappa shape index (κ2) is 8.54. The summed E-state index contributed by atoms with van der Waals surface area (Å²) in [4.78, 5) is 21.5. The molecule has 0 atom stereocenters. The van der Waals surface area contributed by atoms with Crippen LogP contribution in [0.5, 0.6) is 0 Å². The van der Waals surface area contributed by atoms with Crippen molar-refractivity contribution in [3.05, 3.63) is 83.7 Å². The molecule has 3 aromatic rings. The highest BCUT2D eigenvalue weighted by Crippen LogP contribution is 2.31. The Kier molecular flexibility index (Phi) is 5.95. The number of carbonyl (C=O) groups is 1. The average Bonchev–Trinajstić information content (AvgIpc) is 3.60. The molecule has 0 saturated heterocycles. The molecule has 1 aromatic carbocycles. The predicted molar refractivity (Wildman–Crippen MR) is 121 cm³/mol. The van der Waals surface area contributed by atoms with Crippen molar-refractivity contribution in [1.29, 1.82) is 0 Å². The van der Waals surface area contributed by atoms with Gasteiger partial charge in [0.25, 0.3) is 0 Å². The van der Waals surface area contributed by atoms with Crippen LogP contribution in [0.3, 0.4) is 0 Å². The number of carbonyl (C=O) groups excluding carboxylic acids is 1. The molecule has 4 rings (SSSR count). The van der Waals surface area contributed by atoms with Gasteiger partial charge in [0.15, 0.2) is 9.84 Å².